The molecule has 1 heterocycles. The van der Waals surface area contributed by atoms with Gasteiger partial charge in [-0.05, 0) is 65.0 Å². The van der Waals surface area contributed by atoms with E-state index in [0.29, 0.717) is 18.7 Å². The first kappa shape index (κ1) is 14.8. The molecule has 0 radical (unpaired) electrons. The lowest BCUT2D eigenvalue weighted by atomic mass is 9.85. The Bertz CT molecular complexity index is 267. The monoisotopic (exact) mass is 268 g/mol. The largest absolute Gasteiger partial charge is 0.466 e. The van der Waals surface area contributed by atoms with E-state index < -0.39 is 0 Å². The van der Waals surface area contributed by atoms with Crippen LogP contribution in [0.5, 0.6) is 0 Å². The highest BCUT2D eigenvalue weighted by Gasteiger charge is 2.28. The van der Waals surface area contributed by atoms with E-state index in [9.17, 15) is 4.79 Å². The number of carbonyl (C=O) groups excluding carboxylic acids is 1. The Hall–Kier alpha value is -0.610. The van der Waals surface area contributed by atoms with Gasteiger partial charge in [-0.1, -0.05) is 0 Å². The van der Waals surface area contributed by atoms with Crippen LogP contribution in [-0.2, 0) is 9.53 Å². The van der Waals surface area contributed by atoms with Crippen LogP contribution in [0.3, 0.4) is 0 Å². The Morgan fingerprint density at radius 2 is 1.84 bits per heavy atom. The predicted molar refractivity (Wildman–Crippen MR) is 76.0 cm³/mol. The SMILES string of the molecule is CCOC(=O)C1CCC(NC2CCCNCC2)CC1. The highest BCUT2D eigenvalue weighted by Crippen LogP contribution is 2.26. The zero-order valence-corrected chi connectivity index (χ0v) is 12.1. The smallest absolute Gasteiger partial charge is 0.308 e. The van der Waals surface area contributed by atoms with Crippen LogP contribution in [0, 0.1) is 5.92 Å². The minimum Gasteiger partial charge on any atom is -0.466 e. The number of carbonyl (C=O) groups is 1. The number of rotatable bonds is 4. The lowest BCUT2D eigenvalue weighted by Crippen LogP contribution is -2.41. The maximum atomic E-state index is 11.7. The molecule has 0 bridgehead atoms. The predicted octanol–water partition coefficient (Wildman–Crippen LogP) is 1.84. The summed E-state index contributed by atoms with van der Waals surface area (Å²) in [4.78, 5) is 11.7. The van der Waals surface area contributed by atoms with Crippen molar-refractivity contribution >= 4 is 5.97 Å². The van der Waals surface area contributed by atoms with Crippen LogP contribution in [0.25, 0.3) is 0 Å². The summed E-state index contributed by atoms with van der Waals surface area (Å²) in [6.07, 6.45) is 8.00. The Balaban J connectivity index is 1.69. The van der Waals surface area contributed by atoms with E-state index in [-0.39, 0.29) is 11.9 Å². The topological polar surface area (TPSA) is 50.4 Å². The normalized spacial score (nSPS) is 32.6. The Morgan fingerprint density at radius 1 is 1.11 bits per heavy atom. The summed E-state index contributed by atoms with van der Waals surface area (Å²) in [5.74, 6) is 0.161. The third kappa shape index (κ3) is 4.77. The quantitative estimate of drug-likeness (QED) is 0.764. The summed E-state index contributed by atoms with van der Waals surface area (Å²) in [7, 11) is 0. The van der Waals surface area contributed by atoms with Crippen LogP contribution in [0.2, 0.25) is 0 Å². The van der Waals surface area contributed by atoms with Crippen molar-refractivity contribution in [2.45, 2.75) is 64.0 Å². The van der Waals surface area contributed by atoms with Gasteiger partial charge in [0.2, 0.25) is 0 Å². The van der Waals surface area contributed by atoms with E-state index in [2.05, 4.69) is 10.6 Å². The average molecular weight is 268 g/mol. The van der Waals surface area contributed by atoms with Gasteiger partial charge in [-0.25, -0.2) is 0 Å². The van der Waals surface area contributed by atoms with Crippen LogP contribution in [0.15, 0.2) is 0 Å². The molecule has 0 aromatic heterocycles. The molecule has 1 atom stereocenters. The van der Waals surface area contributed by atoms with E-state index >= 15 is 0 Å². The first-order chi connectivity index (χ1) is 9.29. The summed E-state index contributed by atoms with van der Waals surface area (Å²) < 4.78 is 5.12. The summed E-state index contributed by atoms with van der Waals surface area (Å²) in [6.45, 7) is 4.68. The van der Waals surface area contributed by atoms with E-state index in [1.165, 1.54) is 19.3 Å². The molecule has 110 valence electrons. The minimum atomic E-state index is 0.0135. The van der Waals surface area contributed by atoms with Crippen LogP contribution < -0.4 is 10.6 Å². The molecule has 2 rings (SSSR count). The molecule has 1 aliphatic heterocycles. The minimum absolute atomic E-state index is 0.0135. The van der Waals surface area contributed by atoms with Crippen molar-refractivity contribution in [1.29, 1.82) is 0 Å². The average Bonchev–Trinajstić information content (AvgIpc) is 2.68. The van der Waals surface area contributed by atoms with Gasteiger partial charge < -0.3 is 15.4 Å². The van der Waals surface area contributed by atoms with Gasteiger partial charge in [-0.2, -0.15) is 0 Å². The second kappa shape index (κ2) is 7.85. The molecule has 4 nitrogen and oxygen atoms in total. The van der Waals surface area contributed by atoms with Crippen molar-refractivity contribution in [3.8, 4) is 0 Å². The van der Waals surface area contributed by atoms with Gasteiger partial charge in [0.15, 0.2) is 0 Å². The van der Waals surface area contributed by atoms with Crippen molar-refractivity contribution in [1.82, 2.24) is 10.6 Å². The highest BCUT2D eigenvalue weighted by molar-refractivity contribution is 5.72. The second-order valence-corrected chi connectivity index (χ2v) is 5.85. The lowest BCUT2D eigenvalue weighted by Gasteiger charge is -2.31. The zero-order chi connectivity index (χ0) is 13.5. The van der Waals surface area contributed by atoms with Crippen molar-refractivity contribution in [2.75, 3.05) is 19.7 Å². The molecule has 1 saturated carbocycles. The van der Waals surface area contributed by atoms with Crippen molar-refractivity contribution in [3.63, 3.8) is 0 Å². The van der Waals surface area contributed by atoms with Crippen molar-refractivity contribution in [3.05, 3.63) is 0 Å². The van der Waals surface area contributed by atoms with E-state index in [1.807, 2.05) is 6.92 Å². The number of hydrogen-bond donors (Lipinski definition) is 2. The Morgan fingerprint density at radius 3 is 2.58 bits per heavy atom. The van der Waals surface area contributed by atoms with E-state index in [1.54, 1.807) is 0 Å². The molecule has 0 aromatic rings. The molecule has 1 aliphatic carbocycles. The zero-order valence-electron chi connectivity index (χ0n) is 12.1. The van der Waals surface area contributed by atoms with Crippen molar-refractivity contribution in [2.24, 2.45) is 5.92 Å². The molecule has 1 unspecified atom stereocenters. The molecular weight excluding hydrogens is 240 g/mol. The van der Waals surface area contributed by atoms with Gasteiger partial charge in [0, 0.05) is 12.1 Å². The maximum absolute atomic E-state index is 11.7. The van der Waals surface area contributed by atoms with Gasteiger partial charge in [0.25, 0.3) is 0 Å². The van der Waals surface area contributed by atoms with Gasteiger partial charge in [0.1, 0.15) is 0 Å². The van der Waals surface area contributed by atoms with Gasteiger partial charge >= 0.3 is 5.97 Å². The molecular formula is C15H28N2O2. The standard InChI is InChI=1S/C15H28N2O2/c1-2-19-15(18)12-5-7-14(8-6-12)17-13-4-3-10-16-11-9-13/h12-14,16-17H,2-11H2,1H3. The molecule has 0 aromatic carbocycles. The van der Waals surface area contributed by atoms with Gasteiger partial charge in [0.05, 0.1) is 12.5 Å². The van der Waals surface area contributed by atoms with Crippen LogP contribution >= 0.6 is 0 Å². The second-order valence-electron chi connectivity index (χ2n) is 5.85. The first-order valence-electron chi connectivity index (χ1n) is 7.93. The summed E-state index contributed by atoms with van der Waals surface area (Å²) in [5, 5.41) is 7.25. The third-order valence-corrected chi connectivity index (χ3v) is 4.39. The first-order valence-corrected chi connectivity index (χ1v) is 7.93. The number of esters is 1. The van der Waals surface area contributed by atoms with Crippen LogP contribution in [0.4, 0.5) is 0 Å². The number of ether oxygens (including phenoxy) is 1. The third-order valence-electron chi connectivity index (χ3n) is 4.39. The Kier molecular flexibility index (Phi) is 6.11. The van der Waals surface area contributed by atoms with E-state index in [0.717, 1.165) is 38.8 Å². The summed E-state index contributed by atoms with van der Waals surface area (Å²) in [5.41, 5.74) is 0. The lowest BCUT2D eigenvalue weighted by molar-refractivity contribution is -0.149. The Labute approximate surface area is 116 Å². The fourth-order valence-electron chi connectivity index (χ4n) is 3.27. The van der Waals surface area contributed by atoms with Crippen LogP contribution in [-0.4, -0.2) is 37.7 Å². The summed E-state index contributed by atoms with van der Waals surface area (Å²) >= 11 is 0. The number of hydrogen-bond acceptors (Lipinski definition) is 4. The summed E-state index contributed by atoms with van der Waals surface area (Å²) in [6, 6.07) is 1.27. The van der Waals surface area contributed by atoms with E-state index in [4.69, 9.17) is 4.74 Å². The molecule has 4 heteroatoms. The van der Waals surface area contributed by atoms with Gasteiger partial charge in [-0.3, -0.25) is 4.79 Å². The maximum Gasteiger partial charge on any atom is 0.308 e. The molecule has 19 heavy (non-hydrogen) atoms. The number of nitrogens with one attached hydrogen (secondary N) is 2. The molecule has 2 aliphatic rings. The highest BCUT2D eigenvalue weighted by atomic mass is 16.5. The fourth-order valence-corrected chi connectivity index (χ4v) is 3.27. The molecule has 2 fully saturated rings. The molecule has 1 saturated heterocycles. The molecule has 0 amide bonds. The molecule has 2 N–H and O–H groups in total. The van der Waals surface area contributed by atoms with Crippen LogP contribution in [0.1, 0.15) is 51.9 Å². The molecule has 0 spiro atoms. The van der Waals surface area contributed by atoms with Crippen molar-refractivity contribution < 1.29 is 9.53 Å². The fraction of sp³-hybridized carbons (Fsp3) is 0.933. The van der Waals surface area contributed by atoms with Gasteiger partial charge in [-0.15, -0.1) is 0 Å².